The van der Waals surface area contributed by atoms with E-state index in [1.54, 1.807) is 6.92 Å². The monoisotopic (exact) mass is 421 g/mol. The molecule has 1 aromatic rings. The van der Waals surface area contributed by atoms with Gasteiger partial charge in [0.15, 0.2) is 0 Å². The fraction of sp³-hybridized carbons (Fsp3) is 0.273. The molecule has 0 bridgehead atoms. The summed E-state index contributed by atoms with van der Waals surface area (Å²) in [5.41, 5.74) is 4.29. The largest absolute Gasteiger partial charge is 0.462 e. The molecule has 0 radical (unpaired) electrons. The number of carbonyl (C=O) groups excluding carboxylic acids is 3. The van der Waals surface area contributed by atoms with Crippen molar-refractivity contribution in [3.05, 3.63) is 21.9 Å². The summed E-state index contributed by atoms with van der Waals surface area (Å²) < 4.78 is 2.25. The Morgan fingerprint density at radius 3 is 2.30 bits per heavy atom. The molecule has 0 aliphatic heterocycles. The van der Waals surface area contributed by atoms with Crippen LogP contribution in [0.15, 0.2) is 6.20 Å². The zero-order chi connectivity index (χ0) is 17.9. The molecule has 1 rings (SSSR count). The second-order valence-corrected chi connectivity index (χ2v) is 6.84. The van der Waals surface area contributed by atoms with Crippen molar-refractivity contribution in [1.29, 1.82) is 0 Å². The minimum atomic E-state index is -2.54. The van der Waals surface area contributed by atoms with Crippen LogP contribution < -0.4 is 10.6 Å². The Kier molecular flexibility index (Phi) is 6.73. The van der Waals surface area contributed by atoms with Gasteiger partial charge in [0.25, 0.3) is 9.70 Å². The van der Waals surface area contributed by atoms with Crippen LogP contribution in [0.1, 0.15) is 17.3 Å². The second-order valence-electron chi connectivity index (χ2n) is 3.82. The van der Waals surface area contributed by atoms with Crippen LogP contribution in [-0.2, 0) is 9.53 Å². The van der Waals surface area contributed by atoms with Gasteiger partial charge in [-0.3, -0.25) is 4.79 Å². The number of aromatic nitrogens is 1. The first-order valence-corrected chi connectivity index (χ1v) is 7.63. The van der Waals surface area contributed by atoms with Gasteiger partial charge in [0.2, 0.25) is 0 Å². The van der Waals surface area contributed by atoms with Gasteiger partial charge in [0, 0.05) is 6.20 Å². The van der Waals surface area contributed by atoms with Crippen LogP contribution in [0.2, 0.25) is 10.2 Å². The summed E-state index contributed by atoms with van der Waals surface area (Å²) in [6, 6.07) is -1.35. The number of hydrogen-bond acceptors (Lipinski definition) is 5. The van der Waals surface area contributed by atoms with Crippen molar-refractivity contribution >= 4 is 81.6 Å². The summed E-state index contributed by atoms with van der Waals surface area (Å²) >= 11 is 28.1. The maximum Gasteiger partial charge on any atom is 0.341 e. The van der Waals surface area contributed by atoms with E-state index >= 15 is 0 Å². The molecule has 1 heterocycles. The maximum absolute atomic E-state index is 12.2. The van der Waals surface area contributed by atoms with E-state index in [0.717, 1.165) is 6.20 Å². The topological polar surface area (TPSA) is 103 Å². The molecule has 0 saturated heterocycles. The molecule has 0 aliphatic carbocycles. The quantitative estimate of drug-likeness (QED) is 0.456. The Bertz CT molecular complexity index is 662. The zero-order valence-corrected chi connectivity index (χ0v) is 15.1. The molecule has 0 aliphatic rings. The molecule has 2 N–H and O–H groups in total. The van der Waals surface area contributed by atoms with Crippen molar-refractivity contribution in [3.63, 3.8) is 0 Å². The Balaban J connectivity index is 3.64. The highest BCUT2D eigenvalue weighted by molar-refractivity contribution is 6.77. The predicted molar refractivity (Wildman–Crippen MR) is 87.6 cm³/mol. The molecule has 0 atom stereocenters. The van der Waals surface area contributed by atoms with E-state index in [1.807, 2.05) is 0 Å². The fourth-order valence-electron chi connectivity index (χ4n) is 1.47. The third-order valence-corrected chi connectivity index (χ3v) is 3.56. The summed E-state index contributed by atoms with van der Waals surface area (Å²) in [5, 5.41) is -0.725. The number of halogens is 5. The Morgan fingerprint density at radius 2 is 1.87 bits per heavy atom. The van der Waals surface area contributed by atoms with Crippen LogP contribution in [-0.4, -0.2) is 33.3 Å². The molecule has 23 heavy (non-hydrogen) atoms. The van der Waals surface area contributed by atoms with Gasteiger partial charge in [-0.15, -0.1) is 0 Å². The average molecular weight is 423 g/mol. The second kappa shape index (κ2) is 7.72. The van der Waals surface area contributed by atoms with Gasteiger partial charge in [-0.05, 0) is 6.92 Å². The van der Waals surface area contributed by atoms with Crippen LogP contribution in [0.4, 0.5) is 10.5 Å². The molecule has 12 heteroatoms. The first-order valence-electron chi connectivity index (χ1n) is 5.74. The first kappa shape index (κ1) is 20.1. The normalized spacial score (nSPS) is 11.0. The van der Waals surface area contributed by atoms with Crippen molar-refractivity contribution in [1.82, 2.24) is 4.98 Å². The van der Waals surface area contributed by atoms with Gasteiger partial charge in [-0.25, -0.2) is 19.5 Å². The summed E-state index contributed by atoms with van der Waals surface area (Å²) in [6.45, 7) is 1.55. The number of imide groups is 1. The fourth-order valence-corrected chi connectivity index (χ4v) is 2.10. The smallest absolute Gasteiger partial charge is 0.341 e. The van der Waals surface area contributed by atoms with Gasteiger partial charge in [-0.2, -0.15) is 0 Å². The predicted octanol–water partition coefficient (Wildman–Crippen LogP) is 3.35. The van der Waals surface area contributed by atoms with Gasteiger partial charge >= 0.3 is 12.0 Å². The van der Waals surface area contributed by atoms with Gasteiger partial charge in [-0.1, -0.05) is 58.0 Å². The van der Waals surface area contributed by atoms with Gasteiger partial charge in [0.1, 0.15) is 15.7 Å². The number of carbonyl (C=O) groups is 3. The summed E-state index contributed by atoms with van der Waals surface area (Å²) in [5.74, 6) is -2.29. The highest BCUT2D eigenvalue weighted by atomic mass is 35.6. The Labute approximate surface area is 155 Å². The number of rotatable bonds is 3. The van der Waals surface area contributed by atoms with Crippen molar-refractivity contribution in [2.45, 2.75) is 10.7 Å². The highest BCUT2D eigenvalue weighted by Crippen LogP contribution is 2.38. The van der Waals surface area contributed by atoms with Gasteiger partial charge in [0.05, 0.1) is 12.3 Å². The van der Waals surface area contributed by atoms with E-state index < -0.39 is 32.4 Å². The molecule has 3 amide bonds. The van der Waals surface area contributed by atoms with E-state index in [-0.39, 0.29) is 22.2 Å². The van der Waals surface area contributed by atoms with Crippen LogP contribution in [0.25, 0.3) is 0 Å². The molecule has 0 saturated carbocycles. The van der Waals surface area contributed by atoms with E-state index in [9.17, 15) is 14.4 Å². The number of primary amides is 1. The molecule has 1 aromatic heterocycles. The summed E-state index contributed by atoms with van der Waals surface area (Å²) in [7, 11) is 0. The molecule has 7 nitrogen and oxygen atoms in total. The summed E-state index contributed by atoms with van der Waals surface area (Å²) in [6.07, 6.45) is 0.948. The number of hydrogen-bond donors (Lipinski definition) is 1. The molecule has 0 spiro atoms. The number of anilines is 1. The lowest BCUT2D eigenvalue weighted by Crippen LogP contribution is -2.47. The molecular formula is C11H8Cl5N3O4. The summed E-state index contributed by atoms with van der Waals surface area (Å²) in [4.78, 5) is 39.7. The SMILES string of the molecule is CCOC(=O)c1cnc(Cl)c(Cl)c1N(C(N)=O)C(=O)C(Cl)(Cl)Cl. The molecule has 0 unspecified atom stereocenters. The van der Waals surface area contributed by atoms with Crippen LogP contribution in [0.3, 0.4) is 0 Å². The van der Waals surface area contributed by atoms with E-state index in [1.165, 1.54) is 0 Å². The number of pyridine rings is 1. The third kappa shape index (κ3) is 4.51. The third-order valence-electron chi connectivity index (χ3n) is 2.34. The van der Waals surface area contributed by atoms with E-state index in [4.69, 9.17) is 68.5 Å². The Hall–Kier alpha value is -0.990. The van der Waals surface area contributed by atoms with Crippen LogP contribution in [0, 0.1) is 0 Å². The average Bonchev–Trinajstić information content (AvgIpc) is 2.42. The van der Waals surface area contributed by atoms with E-state index in [0.29, 0.717) is 0 Å². The number of esters is 1. The Morgan fingerprint density at radius 1 is 1.30 bits per heavy atom. The lowest BCUT2D eigenvalue weighted by molar-refractivity contribution is -0.117. The van der Waals surface area contributed by atoms with Gasteiger partial charge < -0.3 is 10.5 Å². The minimum absolute atomic E-state index is 0.00743. The number of nitrogens with two attached hydrogens (primary N) is 1. The van der Waals surface area contributed by atoms with Crippen molar-refractivity contribution < 1.29 is 19.1 Å². The number of urea groups is 1. The zero-order valence-electron chi connectivity index (χ0n) is 11.3. The van der Waals surface area contributed by atoms with Crippen LogP contribution in [0.5, 0.6) is 0 Å². The number of nitrogens with zero attached hydrogens (tertiary/aromatic N) is 2. The van der Waals surface area contributed by atoms with E-state index in [2.05, 4.69) is 4.98 Å². The molecule has 0 fully saturated rings. The number of ether oxygens (including phenoxy) is 1. The number of alkyl halides is 3. The minimum Gasteiger partial charge on any atom is -0.462 e. The van der Waals surface area contributed by atoms with Crippen molar-refractivity contribution in [2.24, 2.45) is 5.73 Å². The first-order chi connectivity index (χ1) is 10.5. The van der Waals surface area contributed by atoms with Crippen molar-refractivity contribution in [2.75, 3.05) is 11.5 Å². The maximum atomic E-state index is 12.2. The standard InChI is InChI=1S/C11H8Cl5N3O4/c1-2-23-8(20)4-3-18-7(13)5(12)6(4)19(10(17)22)9(21)11(14,15)16/h3H,2H2,1H3,(H2,17,22). The molecule has 126 valence electrons. The van der Waals surface area contributed by atoms with Crippen molar-refractivity contribution in [3.8, 4) is 0 Å². The lowest BCUT2D eigenvalue weighted by atomic mass is 10.2. The molecular weight excluding hydrogens is 415 g/mol. The highest BCUT2D eigenvalue weighted by Gasteiger charge is 2.41. The lowest BCUT2D eigenvalue weighted by Gasteiger charge is -2.25. The number of amides is 3. The molecule has 0 aromatic carbocycles. The van der Waals surface area contributed by atoms with Crippen LogP contribution >= 0.6 is 58.0 Å².